The number of nitrogens with two attached hydrogens (primary N) is 1. The fourth-order valence-electron chi connectivity index (χ4n) is 2.83. The molecule has 1 saturated heterocycles. The van der Waals surface area contributed by atoms with E-state index in [9.17, 15) is 8.42 Å². The lowest BCUT2D eigenvalue weighted by atomic mass is 9.99. The van der Waals surface area contributed by atoms with Crippen molar-refractivity contribution in [2.24, 2.45) is 5.73 Å². The van der Waals surface area contributed by atoms with Gasteiger partial charge in [0.15, 0.2) is 15.0 Å². The van der Waals surface area contributed by atoms with Crippen LogP contribution < -0.4 is 10.6 Å². The van der Waals surface area contributed by atoms with Crippen molar-refractivity contribution in [2.75, 3.05) is 23.5 Å². The normalized spacial score (nSPS) is 29.2. The second-order valence-corrected chi connectivity index (χ2v) is 8.76. The first-order valence-electron chi connectivity index (χ1n) is 6.65. The largest absolute Gasteiger partial charge is 0.347 e. The second-order valence-electron chi connectivity index (χ2n) is 5.47. The smallest absolute Gasteiger partial charge is 0.185 e. The first-order chi connectivity index (χ1) is 8.96. The van der Waals surface area contributed by atoms with Crippen LogP contribution in [0.3, 0.4) is 0 Å². The molecule has 2 aliphatic rings. The Kier molecular flexibility index (Phi) is 3.31. The zero-order valence-corrected chi connectivity index (χ0v) is 12.6. The Morgan fingerprint density at radius 2 is 2.21 bits per heavy atom. The molecule has 0 amide bonds. The van der Waals surface area contributed by atoms with Gasteiger partial charge in [0.05, 0.1) is 17.2 Å². The standard InChI is InChI=1S/C12H19N3O2S2/c1-15(8-5-6-19(16,17)7-8)12-14-11-9(13)3-2-4-10(11)18-12/h8-9H,2-7,13H2,1H3. The molecule has 7 heteroatoms. The van der Waals surface area contributed by atoms with Gasteiger partial charge in [0.2, 0.25) is 0 Å². The summed E-state index contributed by atoms with van der Waals surface area (Å²) in [4.78, 5) is 7.96. The lowest BCUT2D eigenvalue weighted by molar-refractivity contribution is 0.562. The van der Waals surface area contributed by atoms with Crippen LogP contribution in [0.15, 0.2) is 0 Å². The highest BCUT2D eigenvalue weighted by Crippen LogP contribution is 2.36. The van der Waals surface area contributed by atoms with Crippen molar-refractivity contribution in [1.82, 2.24) is 4.98 Å². The summed E-state index contributed by atoms with van der Waals surface area (Å²) in [6, 6.07) is 0.114. The molecule has 2 unspecified atom stereocenters. The molecule has 1 aliphatic heterocycles. The summed E-state index contributed by atoms with van der Waals surface area (Å²) < 4.78 is 23.1. The summed E-state index contributed by atoms with van der Waals surface area (Å²) in [6.45, 7) is 0. The van der Waals surface area contributed by atoms with Crippen LogP contribution in [-0.4, -0.2) is 38.0 Å². The average molecular weight is 301 g/mol. The third-order valence-corrected chi connectivity index (χ3v) is 7.02. The molecule has 19 heavy (non-hydrogen) atoms. The van der Waals surface area contributed by atoms with Gasteiger partial charge in [0.25, 0.3) is 0 Å². The number of aryl methyl sites for hydroxylation is 1. The average Bonchev–Trinajstić information content (AvgIpc) is 2.92. The van der Waals surface area contributed by atoms with Gasteiger partial charge in [-0.3, -0.25) is 0 Å². The zero-order valence-electron chi connectivity index (χ0n) is 11.0. The molecule has 5 nitrogen and oxygen atoms in total. The molecular formula is C12H19N3O2S2. The van der Waals surface area contributed by atoms with Crippen molar-refractivity contribution in [2.45, 2.75) is 37.8 Å². The molecular weight excluding hydrogens is 282 g/mol. The van der Waals surface area contributed by atoms with E-state index in [2.05, 4.69) is 4.98 Å². The van der Waals surface area contributed by atoms with E-state index >= 15 is 0 Å². The van der Waals surface area contributed by atoms with E-state index < -0.39 is 9.84 Å². The van der Waals surface area contributed by atoms with Crippen molar-refractivity contribution in [3.05, 3.63) is 10.6 Å². The van der Waals surface area contributed by atoms with E-state index in [0.29, 0.717) is 12.2 Å². The van der Waals surface area contributed by atoms with Gasteiger partial charge in [0.1, 0.15) is 0 Å². The molecule has 0 spiro atoms. The van der Waals surface area contributed by atoms with Crippen molar-refractivity contribution >= 4 is 26.3 Å². The lowest BCUT2D eigenvalue weighted by Gasteiger charge is -2.22. The van der Waals surface area contributed by atoms with E-state index in [1.54, 1.807) is 11.3 Å². The molecule has 106 valence electrons. The first-order valence-corrected chi connectivity index (χ1v) is 9.28. The molecule has 2 heterocycles. The van der Waals surface area contributed by atoms with Gasteiger partial charge in [-0.25, -0.2) is 13.4 Å². The van der Waals surface area contributed by atoms with Crippen molar-refractivity contribution in [1.29, 1.82) is 0 Å². The maximum Gasteiger partial charge on any atom is 0.185 e. The Morgan fingerprint density at radius 3 is 2.84 bits per heavy atom. The number of nitrogens with zero attached hydrogens (tertiary/aromatic N) is 2. The summed E-state index contributed by atoms with van der Waals surface area (Å²) in [5.74, 6) is 0.548. The quantitative estimate of drug-likeness (QED) is 0.885. The fourth-order valence-corrected chi connectivity index (χ4v) is 5.81. The number of rotatable bonds is 2. The van der Waals surface area contributed by atoms with Crippen LogP contribution >= 0.6 is 11.3 Å². The van der Waals surface area contributed by atoms with Crippen molar-refractivity contribution in [3.8, 4) is 0 Å². The number of hydrogen-bond acceptors (Lipinski definition) is 6. The number of aromatic nitrogens is 1. The molecule has 1 aromatic rings. The molecule has 0 aromatic carbocycles. The molecule has 1 aliphatic carbocycles. The summed E-state index contributed by atoms with van der Waals surface area (Å²) in [5.41, 5.74) is 7.11. The zero-order chi connectivity index (χ0) is 13.6. The van der Waals surface area contributed by atoms with Gasteiger partial charge in [-0.05, 0) is 25.7 Å². The summed E-state index contributed by atoms with van der Waals surface area (Å²) in [5, 5.41) is 0.921. The predicted octanol–water partition coefficient (Wildman–Crippen LogP) is 1.10. The number of fused-ring (bicyclic) bond motifs is 1. The first kappa shape index (κ1) is 13.3. The monoisotopic (exact) mass is 301 g/mol. The van der Waals surface area contributed by atoms with Gasteiger partial charge < -0.3 is 10.6 Å². The van der Waals surface area contributed by atoms with Crippen LogP contribution in [0.2, 0.25) is 0 Å². The van der Waals surface area contributed by atoms with Crippen molar-refractivity contribution < 1.29 is 8.42 Å². The molecule has 0 saturated carbocycles. The minimum absolute atomic E-state index is 0.0504. The van der Waals surface area contributed by atoms with Crippen LogP contribution in [0.25, 0.3) is 0 Å². The van der Waals surface area contributed by atoms with Crippen LogP contribution in [-0.2, 0) is 16.3 Å². The van der Waals surface area contributed by atoms with Crippen LogP contribution in [0, 0.1) is 0 Å². The van der Waals surface area contributed by atoms with E-state index in [0.717, 1.165) is 30.1 Å². The molecule has 0 bridgehead atoms. The fraction of sp³-hybridized carbons (Fsp3) is 0.750. The number of thiazole rings is 1. The van der Waals surface area contributed by atoms with Gasteiger partial charge in [0, 0.05) is 24.0 Å². The van der Waals surface area contributed by atoms with E-state index in [1.807, 2.05) is 11.9 Å². The highest BCUT2D eigenvalue weighted by molar-refractivity contribution is 7.91. The minimum Gasteiger partial charge on any atom is -0.347 e. The molecule has 1 aromatic heterocycles. The summed E-state index contributed by atoms with van der Waals surface area (Å²) in [7, 11) is -0.905. The maximum absolute atomic E-state index is 11.6. The maximum atomic E-state index is 11.6. The topological polar surface area (TPSA) is 76.3 Å². The Bertz CT molecular complexity index is 582. The molecule has 3 rings (SSSR count). The predicted molar refractivity (Wildman–Crippen MR) is 77.4 cm³/mol. The van der Waals surface area contributed by atoms with Gasteiger partial charge in [-0.2, -0.15) is 0 Å². The number of hydrogen-bond donors (Lipinski definition) is 1. The van der Waals surface area contributed by atoms with Crippen LogP contribution in [0.4, 0.5) is 5.13 Å². The Morgan fingerprint density at radius 1 is 1.42 bits per heavy atom. The molecule has 2 N–H and O–H groups in total. The Balaban J connectivity index is 1.83. The Labute approximate surface area is 117 Å². The van der Waals surface area contributed by atoms with Crippen molar-refractivity contribution in [3.63, 3.8) is 0 Å². The molecule has 1 fully saturated rings. The third-order valence-electron chi connectivity index (χ3n) is 4.04. The van der Waals surface area contributed by atoms with E-state index in [1.165, 1.54) is 4.88 Å². The van der Waals surface area contributed by atoms with Crippen LogP contribution in [0.5, 0.6) is 0 Å². The SMILES string of the molecule is CN(c1nc2c(s1)CCCC2N)C1CCS(=O)(=O)C1. The third kappa shape index (κ3) is 2.51. The summed E-state index contributed by atoms with van der Waals surface area (Å²) in [6.07, 6.45) is 3.88. The summed E-state index contributed by atoms with van der Waals surface area (Å²) >= 11 is 1.67. The Hall–Kier alpha value is -0.660. The van der Waals surface area contributed by atoms with E-state index in [-0.39, 0.29) is 17.8 Å². The van der Waals surface area contributed by atoms with Crippen LogP contribution in [0.1, 0.15) is 35.9 Å². The van der Waals surface area contributed by atoms with Gasteiger partial charge >= 0.3 is 0 Å². The minimum atomic E-state index is -2.85. The molecule has 2 atom stereocenters. The lowest BCUT2D eigenvalue weighted by Crippen LogP contribution is -2.32. The number of sulfone groups is 1. The second kappa shape index (κ2) is 4.71. The van der Waals surface area contributed by atoms with Gasteiger partial charge in [-0.15, -0.1) is 11.3 Å². The van der Waals surface area contributed by atoms with E-state index in [4.69, 9.17) is 5.73 Å². The highest BCUT2D eigenvalue weighted by Gasteiger charge is 2.33. The molecule has 0 radical (unpaired) electrons. The highest BCUT2D eigenvalue weighted by atomic mass is 32.2. The number of anilines is 1. The van der Waals surface area contributed by atoms with Gasteiger partial charge in [-0.1, -0.05) is 0 Å².